The second kappa shape index (κ2) is 1.45. The van der Waals surface area contributed by atoms with Gasteiger partial charge in [-0.1, -0.05) is 11.8 Å². The first-order valence-electron chi connectivity index (χ1n) is 2.41. The van der Waals surface area contributed by atoms with Crippen molar-refractivity contribution >= 4 is 11.8 Å². The molecule has 1 N–H and O–H groups in total. The highest BCUT2D eigenvalue weighted by molar-refractivity contribution is 8.01. The molecule has 2 aliphatic heterocycles. The Labute approximate surface area is 52.2 Å². The molecule has 3 heteroatoms. The molecule has 0 aromatic rings. The van der Waals surface area contributed by atoms with Crippen LogP contribution in [-0.2, 0) is 0 Å². The first-order chi connectivity index (χ1) is 3.97. The van der Waals surface area contributed by atoms with Crippen LogP contribution in [0.1, 0.15) is 0 Å². The van der Waals surface area contributed by atoms with E-state index < -0.39 is 0 Å². The van der Waals surface area contributed by atoms with E-state index in [-0.39, 0.29) is 0 Å². The Kier molecular flexibility index (Phi) is 0.784. The first-order valence-corrected chi connectivity index (χ1v) is 3.29. The summed E-state index contributed by atoms with van der Waals surface area (Å²) in [6, 6.07) is 0. The Hall–Kier alpha value is -0.570. The summed E-state index contributed by atoms with van der Waals surface area (Å²) in [5.74, 6) is 0. The standard InChI is InChI=1S/C5H5N2S/c1-2-7-3-4-8-5(7)6-1/h1-3,5-6H. The predicted molar refractivity (Wildman–Crippen MR) is 33.3 cm³/mol. The Morgan fingerprint density at radius 2 is 2.75 bits per heavy atom. The monoisotopic (exact) mass is 125 g/mol. The minimum absolute atomic E-state index is 0.398. The minimum Gasteiger partial charge on any atom is -0.361 e. The largest absolute Gasteiger partial charge is 0.361 e. The molecule has 0 saturated carbocycles. The molecule has 1 atom stereocenters. The summed E-state index contributed by atoms with van der Waals surface area (Å²) >= 11 is 1.66. The number of nitrogens with zero attached hydrogens (tertiary/aromatic N) is 1. The Bertz CT molecular complexity index is 137. The summed E-state index contributed by atoms with van der Waals surface area (Å²) in [4.78, 5) is 2.07. The van der Waals surface area contributed by atoms with Crippen molar-refractivity contribution in [1.29, 1.82) is 0 Å². The molecule has 0 bridgehead atoms. The van der Waals surface area contributed by atoms with Gasteiger partial charge in [-0.15, -0.1) is 0 Å². The molecule has 0 aliphatic carbocycles. The number of nitrogens with one attached hydrogen (secondary N) is 1. The zero-order valence-corrected chi connectivity index (χ0v) is 4.98. The van der Waals surface area contributed by atoms with Crippen molar-refractivity contribution in [2.45, 2.75) is 5.50 Å². The molecule has 8 heavy (non-hydrogen) atoms. The molecule has 0 saturated heterocycles. The van der Waals surface area contributed by atoms with Crippen LogP contribution in [0.2, 0.25) is 0 Å². The Morgan fingerprint density at radius 3 is 3.62 bits per heavy atom. The maximum Gasteiger partial charge on any atom is 0.155 e. The summed E-state index contributed by atoms with van der Waals surface area (Å²) in [5.41, 5.74) is 0.398. The summed E-state index contributed by atoms with van der Waals surface area (Å²) in [6.45, 7) is 0. The molecular formula is C5H5N2S. The number of hydrogen-bond acceptors (Lipinski definition) is 3. The van der Waals surface area contributed by atoms with Crippen molar-refractivity contribution in [2.75, 3.05) is 0 Å². The second-order valence-electron chi connectivity index (χ2n) is 1.65. The molecule has 2 heterocycles. The zero-order chi connectivity index (χ0) is 5.40. The van der Waals surface area contributed by atoms with Crippen molar-refractivity contribution < 1.29 is 0 Å². The van der Waals surface area contributed by atoms with E-state index in [0.717, 1.165) is 0 Å². The third-order valence-corrected chi connectivity index (χ3v) is 1.98. The zero-order valence-electron chi connectivity index (χ0n) is 4.16. The number of thioether (sulfide) groups is 1. The van der Waals surface area contributed by atoms with Crippen LogP contribution < -0.4 is 5.32 Å². The van der Waals surface area contributed by atoms with Gasteiger partial charge in [-0.25, -0.2) is 0 Å². The lowest BCUT2D eigenvalue weighted by molar-refractivity contribution is 0.492. The molecule has 2 rings (SSSR count). The van der Waals surface area contributed by atoms with Gasteiger partial charge in [0.15, 0.2) is 5.50 Å². The maximum atomic E-state index is 3.13. The molecule has 2 nitrogen and oxygen atoms in total. The van der Waals surface area contributed by atoms with Gasteiger partial charge in [-0.2, -0.15) is 0 Å². The lowest BCUT2D eigenvalue weighted by Gasteiger charge is -2.11. The van der Waals surface area contributed by atoms with Gasteiger partial charge in [0.1, 0.15) is 0 Å². The quantitative estimate of drug-likeness (QED) is 0.512. The van der Waals surface area contributed by atoms with E-state index in [9.17, 15) is 0 Å². The third-order valence-electron chi connectivity index (χ3n) is 1.14. The summed E-state index contributed by atoms with van der Waals surface area (Å²) in [5, 5.41) is 6.16. The fourth-order valence-corrected chi connectivity index (χ4v) is 1.45. The first kappa shape index (κ1) is 4.32. The summed E-state index contributed by atoms with van der Waals surface area (Å²) < 4.78 is 0. The fraction of sp³-hybridized carbons (Fsp3) is 0.200. The topological polar surface area (TPSA) is 15.3 Å². The highest BCUT2D eigenvalue weighted by Gasteiger charge is 2.19. The van der Waals surface area contributed by atoms with Gasteiger partial charge in [0.2, 0.25) is 0 Å². The fourth-order valence-electron chi connectivity index (χ4n) is 0.737. The number of hydrogen-bond donors (Lipinski definition) is 1. The molecular weight excluding hydrogens is 120 g/mol. The van der Waals surface area contributed by atoms with Gasteiger partial charge in [0, 0.05) is 24.0 Å². The second-order valence-corrected chi connectivity index (χ2v) is 2.56. The van der Waals surface area contributed by atoms with E-state index in [0.29, 0.717) is 5.50 Å². The summed E-state index contributed by atoms with van der Waals surface area (Å²) in [7, 11) is 0. The number of fused-ring (bicyclic) bond motifs is 1. The van der Waals surface area contributed by atoms with Crippen molar-refractivity contribution in [3.63, 3.8) is 0 Å². The van der Waals surface area contributed by atoms with E-state index in [4.69, 9.17) is 0 Å². The van der Waals surface area contributed by atoms with Crippen LogP contribution in [0.4, 0.5) is 0 Å². The molecule has 0 aromatic carbocycles. The third kappa shape index (κ3) is 0.448. The van der Waals surface area contributed by atoms with Crippen LogP contribution in [0, 0.1) is 5.41 Å². The molecule has 0 amide bonds. The smallest absolute Gasteiger partial charge is 0.155 e. The van der Waals surface area contributed by atoms with Crippen LogP contribution in [-0.4, -0.2) is 10.4 Å². The molecule has 1 unspecified atom stereocenters. The molecule has 41 valence electrons. The van der Waals surface area contributed by atoms with Gasteiger partial charge >= 0.3 is 0 Å². The summed E-state index contributed by atoms with van der Waals surface area (Å²) in [6.07, 6.45) is 5.87. The lowest BCUT2D eigenvalue weighted by Crippen LogP contribution is -2.24. The number of rotatable bonds is 0. The van der Waals surface area contributed by atoms with Crippen LogP contribution in [0.3, 0.4) is 0 Å². The average Bonchev–Trinajstić information content (AvgIpc) is 2.15. The molecule has 0 spiro atoms. The van der Waals surface area contributed by atoms with Gasteiger partial charge in [0.05, 0.1) is 0 Å². The predicted octanol–water partition coefficient (Wildman–Crippen LogP) is 0.668. The van der Waals surface area contributed by atoms with Crippen molar-refractivity contribution in [3.8, 4) is 0 Å². The van der Waals surface area contributed by atoms with Crippen LogP contribution in [0.25, 0.3) is 0 Å². The maximum absolute atomic E-state index is 3.13. The van der Waals surface area contributed by atoms with Gasteiger partial charge in [-0.3, -0.25) is 0 Å². The lowest BCUT2D eigenvalue weighted by atomic mass is 10.8. The molecule has 0 fully saturated rings. The van der Waals surface area contributed by atoms with Crippen LogP contribution >= 0.6 is 11.8 Å². The normalized spacial score (nSPS) is 31.0. The SMILES string of the molecule is [C]1=CN2C=CNC2S1. The van der Waals surface area contributed by atoms with Gasteiger partial charge < -0.3 is 10.2 Å². The van der Waals surface area contributed by atoms with Crippen molar-refractivity contribution in [2.24, 2.45) is 0 Å². The minimum atomic E-state index is 0.398. The highest BCUT2D eigenvalue weighted by Crippen LogP contribution is 2.24. The molecule has 2 aliphatic rings. The Morgan fingerprint density at radius 1 is 1.75 bits per heavy atom. The van der Waals surface area contributed by atoms with E-state index in [1.807, 2.05) is 18.6 Å². The Balaban J connectivity index is 2.22. The van der Waals surface area contributed by atoms with E-state index in [1.165, 1.54) is 0 Å². The van der Waals surface area contributed by atoms with E-state index >= 15 is 0 Å². The molecule has 0 aromatic heterocycles. The van der Waals surface area contributed by atoms with Gasteiger partial charge in [0.25, 0.3) is 0 Å². The van der Waals surface area contributed by atoms with Gasteiger partial charge in [-0.05, 0) is 0 Å². The van der Waals surface area contributed by atoms with Crippen LogP contribution in [0.5, 0.6) is 0 Å². The van der Waals surface area contributed by atoms with Crippen molar-refractivity contribution in [1.82, 2.24) is 10.2 Å². The van der Waals surface area contributed by atoms with Crippen LogP contribution in [0.15, 0.2) is 18.6 Å². The van der Waals surface area contributed by atoms with E-state index in [2.05, 4.69) is 15.6 Å². The van der Waals surface area contributed by atoms with Crippen molar-refractivity contribution in [3.05, 3.63) is 24.0 Å². The average molecular weight is 125 g/mol. The highest BCUT2D eigenvalue weighted by atomic mass is 32.2. The molecule has 1 radical (unpaired) electrons. The van der Waals surface area contributed by atoms with E-state index in [1.54, 1.807) is 11.8 Å².